The Labute approximate surface area is 288 Å². The van der Waals surface area contributed by atoms with Crippen molar-refractivity contribution >= 4 is 75.5 Å². The number of fused-ring (bicyclic) bond motifs is 3. The first-order chi connectivity index (χ1) is 24.8. The quantitative estimate of drug-likeness (QED) is 0.181. The summed E-state index contributed by atoms with van der Waals surface area (Å²) in [6.45, 7) is 0. The molecule has 1 heterocycles. The highest BCUT2D eigenvalue weighted by Gasteiger charge is 2.18. The molecule has 50 heavy (non-hydrogen) atoms. The maximum atomic E-state index is 5.12. The molecular weight excluding hydrogens is 605 g/mol. The second-order valence-corrected chi connectivity index (χ2v) is 13.3. The fourth-order valence-corrected chi connectivity index (χ4v) is 8.36. The Bertz CT molecular complexity index is 3120. The van der Waals surface area contributed by atoms with Crippen LogP contribution in [-0.4, -0.2) is 9.97 Å². The number of hydrogen-bond acceptors (Lipinski definition) is 2. The van der Waals surface area contributed by atoms with E-state index in [9.17, 15) is 0 Å². The van der Waals surface area contributed by atoms with Crippen LogP contribution < -0.4 is 0 Å². The monoisotopic (exact) mass is 632 g/mol. The molecule has 2 heteroatoms. The molecule has 0 aliphatic heterocycles. The van der Waals surface area contributed by atoms with E-state index in [2.05, 4.69) is 158 Å². The predicted octanol–water partition coefficient (Wildman–Crippen LogP) is 13.0. The summed E-state index contributed by atoms with van der Waals surface area (Å²) in [5, 5.41) is 16.5. The van der Waals surface area contributed by atoms with Gasteiger partial charge in [0, 0.05) is 16.5 Å². The summed E-state index contributed by atoms with van der Waals surface area (Å²) in [7, 11) is 0. The smallest absolute Gasteiger partial charge is 0.160 e. The van der Waals surface area contributed by atoms with Crippen molar-refractivity contribution in [2.45, 2.75) is 0 Å². The normalized spacial score (nSPS) is 12.0. The minimum Gasteiger partial charge on any atom is -0.228 e. The van der Waals surface area contributed by atoms with Crippen molar-refractivity contribution in [2.24, 2.45) is 0 Å². The van der Waals surface area contributed by atoms with Gasteiger partial charge in [0.2, 0.25) is 0 Å². The van der Waals surface area contributed by atoms with E-state index in [4.69, 9.17) is 9.97 Å². The van der Waals surface area contributed by atoms with Gasteiger partial charge in [0.05, 0.1) is 11.2 Å². The first-order valence-electron chi connectivity index (χ1n) is 17.2. The van der Waals surface area contributed by atoms with E-state index >= 15 is 0 Å². The summed E-state index contributed by atoms with van der Waals surface area (Å²) in [6.07, 6.45) is 0. The Hall–Kier alpha value is -6.64. The second kappa shape index (κ2) is 10.4. The van der Waals surface area contributed by atoms with Crippen LogP contribution in [0.15, 0.2) is 170 Å². The topological polar surface area (TPSA) is 25.8 Å². The van der Waals surface area contributed by atoms with Crippen molar-refractivity contribution < 1.29 is 0 Å². The molecule has 230 valence electrons. The Kier molecular flexibility index (Phi) is 5.70. The molecule has 11 aromatic rings. The van der Waals surface area contributed by atoms with E-state index in [1.54, 1.807) is 0 Å². The lowest BCUT2D eigenvalue weighted by molar-refractivity contribution is 1.23. The van der Waals surface area contributed by atoms with Crippen molar-refractivity contribution in [1.29, 1.82) is 0 Å². The van der Waals surface area contributed by atoms with Crippen molar-refractivity contribution in [1.82, 2.24) is 9.97 Å². The number of para-hydroxylation sites is 1. The van der Waals surface area contributed by atoms with Gasteiger partial charge in [-0.3, -0.25) is 0 Å². The molecule has 0 aliphatic carbocycles. The van der Waals surface area contributed by atoms with E-state index in [0.29, 0.717) is 0 Å². The van der Waals surface area contributed by atoms with Crippen molar-refractivity contribution in [3.05, 3.63) is 170 Å². The van der Waals surface area contributed by atoms with Gasteiger partial charge in [0.15, 0.2) is 5.82 Å². The molecule has 10 aromatic carbocycles. The summed E-state index contributed by atoms with van der Waals surface area (Å²) in [5.74, 6) is 0.729. The molecule has 0 aliphatic rings. The van der Waals surface area contributed by atoms with Crippen molar-refractivity contribution in [3.8, 4) is 33.8 Å². The van der Waals surface area contributed by atoms with Gasteiger partial charge in [-0.05, 0) is 87.9 Å². The summed E-state index contributed by atoms with van der Waals surface area (Å²) in [5.41, 5.74) is 6.37. The van der Waals surface area contributed by atoms with Gasteiger partial charge < -0.3 is 0 Å². The van der Waals surface area contributed by atoms with Gasteiger partial charge in [0.25, 0.3) is 0 Å². The van der Waals surface area contributed by atoms with Crippen molar-refractivity contribution in [3.63, 3.8) is 0 Å². The molecule has 0 unspecified atom stereocenters. The van der Waals surface area contributed by atoms with Crippen LogP contribution in [-0.2, 0) is 0 Å². The fourth-order valence-electron chi connectivity index (χ4n) is 8.36. The third kappa shape index (κ3) is 3.90. The van der Waals surface area contributed by atoms with Crippen LogP contribution in [0.25, 0.3) is 109 Å². The number of benzene rings is 9. The average molecular weight is 633 g/mol. The van der Waals surface area contributed by atoms with Gasteiger partial charge >= 0.3 is 0 Å². The minimum absolute atomic E-state index is 0.729. The van der Waals surface area contributed by atoms with Gasteiger partial charge in [-0.15, -0.1) is 0 Å². The summed E-state index contributed by atoms with van der Waals surface area (Å²) in [6, 6.07) is 61.5. The summed E-state index contributed by atoms with van der Waals surface area (Å²) in [4.78, 5) is 10.1. The van der Waals surface area contributed by atoms with E-state index in [0.717, 1.165) is 33.5 Å². The molecule has 0 saturated carbocycles. The van der Waals surface area contributed by atoms with Crippen LogP contribution in [0.5, 0.6) is 0 Å². The highest BCUT2D eigenvalue weighted by molar-refractivity contribution is 6.37. The van der Waals surface area contributed by atoms with Gasteiger partial charge in [0.1, 0.15) is 0 Å². The van der Waals surface area contributed by atoms with Crippen LogP contribution >= 0.6 is 0 Å². The summed E-state index contributed by atoms with van der Waals surface area (Å²) >= 11 is 0. The standard InChI is InChI=1S/C48H28N2/c1-2-10-32(11-3-1)47-40-15-4-5-21-42(40)49-48(50-47)33-26-22-29(23-27-33)41-28-34-14-8-18-36-35-16-6-12-30-24-25-31-13-7-17-37(44(31)43(30)35)38-19-9-20-39(41)46(38)45(34)36/h1-28H. The molecular formula is C48H28N2. The zero-order valence-corrected chi connectivity index (χ0v) is 27.1. The van der Waals surface area contributed by atoms with Gasteiger partial charge in [-0.1, -0.05) is 158 Å². The minimum atomic E-state index is 0.729. The van der Waals surface area contributed by atoms with Crippen LogP contribution in [0.4, 0.5) is 0 Å². The second-order valence-electron chi connectivity index (χ2n) is 13.3. The Morgan fingerprint density at radius 3 is 1.52 bits per heavy atom. The molecule has 0 saturated heterocycles. The molecule has 0 spiro atoms. The van der Waals surface area contributed by atoms with Crippen LogP contribution in [0.2, 0.25) is 0 Å². The number of rotatable bonds is 3. The number of aromatic nitrogens is 2. The van der Waals surface area contributed by atoms with E-state index < -0.39 is 0 Å². The molecule has 0 atom stereocenters. The predicted molar refractivity (Wildman–Crippen MR) is 212 cm³/mol. The molecule has 2 nitrogen and oxygen atoms in total. The van der Waals surface area contributed by atoms with Gasteiger partial charge in [-0.25, -0.2) is 9.97 Å². The molecule has 0 N–H and O–H groups in total. The third-order valence-corrected chi connectivity index (χ3v) is 10.6. The lowest BCUT2D eigenvalue weighted by Gasteiger charge is -2.18. The maximum absolute atomic E-state index is 5.12. The van der Waals surface area contributed by atoms with Crippen LogP contribution in [0.1, 0.15) is 0 Å². The Morgan fingerprint density at radius 1 is 0.300 bits per heavy atom. The third-order valence-electron chi connectivity index (χ3n) is 10.6. The fraction of sp³-hybridized carbons (Fsp3) is 0. The Balaban J connectivity index is 1.17. The average Bonchev–Trinajstić information content (AvgIpc) is 3.19. The van der Waals surface area contributed by atoms with E-state index in [1.807, 2.05) is 12.1 Å². The molecule has 0 radical (unpaired) electrons. The van der Waals surface area contributed by atoms with E-state index in [1.165, 1.54) is 75.8 Å². The number of nitrogens with zero attached hydrogens (tertiary/aromatic N) is 2. The zero-order valence-electron chi connectivity index (χ0n) is 27.1. The SMILES string of the molecule is c1ccc(-c2nc(-c3ccc(-c4cc5cccc6c7cccc8ccc9cccc(c%10cccc4c%10c56)c9c87)cc3)nc3ccccc23)cc1. The molecule has 0 bridgehead atoms. The molecule has 0 amide bonds. The first-order valence-corrected chi connectivity index (χ1v) is 17.2. The molecule has 1 aromatic heterocycles. The summed E-state index contributed by atoms with van der Waals surface area (Å²) < 4.78 is 0. The largest absolute Gasteiger partial charge is 0.228 e. The lowest BCUT2D eigenvalue weighted by Crippen LogP contribution is -1.95. The highest BCUT2D eigenvalue weighted by Crippen LogP contribution is 2.45. The number of hydrogen-bond donors (Lipinski definition) is 0. The van der Waals surface area contributed by atoms with E-state index in [-0.39, 0.29) is 0 Å². The Morgan fingerprint density at radius 2 is 0.820 bits per heavy atom. The first kappa shape index (κ1) is 27.3. The van der Waals surface area contributed by atoms with Crippen LogP contribution in [0.3, 0.4) is 0 Å². The lowest BCUT2D eigenvalue weighted by atomic mass is 9.85. The van der Waals surface area contributed by atoms with Crippen molar-refractivity contribution in [2.75, 3.05) is 0 Å². The van der Waals surface area contributed by atoms with Crippen LogP contribution in [0, 0.1) is 0 Å². The zero-order chi connectivity index (χ0) is 32.8. The van der Waals surface area contributed by atoms with Gasteiger partial charge in [-0.2, -0.15) is 0 Å². The molecule has 0 fully saturated rings. The molecule has 11 rings (SSSR count). The maximum Gasteiger partial charge on any atom is 0.160 e. The highest BCUT2D eigenvalue weighted by atomic mass is 14.9.